The van der Waals surface area contributed by atoms with E-state index in [4.69, 9.17) is 0 Å². The molecule has 2 rings (SSSR count). The standard InChI is InChI=1S/C17H20FN/c1-3-17(15-7-5-4-6-8-15)19-12-14-10-9-13(2)16(18)11-14/h4-11,17,19H,3,12H2,1-2H3. The van der Waals surface area contributed by atoms with Crippen LogP contribution in [0.5, 0.6) is 0 Å². The summed E-state index contributed by atoms with van der Waals surface area (Å²) in [6, 6.07) is 16.1. The maximum absolute atomic E-state index is 13.5. The molecule has 0 saturated carbocycles. The number of nitrogens with one attached hydrogen (secondary N) is 1. The highest BCUT2D eigenvalue weighted by molar-refractivity contribution is 5.24. The van der Waals surface area contributed by atoms with Crippen molar-refractivity contribution in [2.45, 2.75) is 32.9 Å². The molecule has 0 spiro atoms. The van der Waals surface area contributed by atoms with Crippen LogP contribution in [0.3, 0.4) is 0 Å². The fourth-order valence-electron chi connectivity index (χ4n) is 2.17. The van der Waals surface area contributed by atoms with E-state index in [1.165, 1.54) is 5.56 Å². The smallest absolute Gasteiger partial charge is 0.126 e. The van der Waals surface area contributed by atoms with Crippen molar-refractivity contribution in [3.8, 4) is 0 Å². The predicted octanol–water partition coefficient (Wildman–Crippen LogP) is 4.38. The van der Waals surface area contributed by atoms with Gasteiger partial charge in [0.1, 0.15) is 5.82 Å². The molecular formula is C17H20FN. The Bertz CT molecular complexity index is 522. The molecule has 100 valence electrons. The van der Waals surface area contributed by atoms with E-state index >= 15 is 0 Å². The summed E-state index contributed by atoms with van der Waals surface area (Å²) in [5.74, 6) is -0.132. The number of rotatable bonds is 5. The van der Waals surface area contributed by atoms with E-state index in [1.54, 1.807) is 13.0 Å². The third kappa shape index (κ3) is 3.65. The van der Waals surface area contributed by atoms with E-state index in [0.29, 0.717) is 18.2 Å². The van der Waals surface area contributed by atoms with E-state index in [1.807, 2.05) is 30.3 Å². The number of hydrogen-bond acceptors (Lipinski definition) is 1. The number of halogens is 1. The molecule has 0 amide bonds. The normalized spacial score (nSPS) is 12.4. The Kier molecular flexibility index (Phi) is 4.69. The molecule has 0 saturated heterocycles. The first-order valence-corrected chi connectivity index (χ1v) is 6.74. The second-order valence-corrected chi connectivity index (χ2v) is 4.84. The Morgan fingerprint density at radius 1 is 1.11 bits per heavy atom. The molecule has 1 nitrogen and oxygen atoms in total. The number of hydrogen-bond donors (Lipinski definition) is 1. The molecule has 2 heteroatoms. The molecule has 0 radical (unpaired) electrons. The molecule has 0 bridgehead atoms. The first-order chi connectivity index (χ1) is 9.20. The van der Waals surface area contributed by atoms with Crippen molar-refractivity contribution in [1.82, 2.24) is 5.32 Å². The number of aryl methyl sites for hydroxylation is 1. The summed E-state index contributed by atoms with van der Waals surface area (Å²) in [7, 11) is 0. The van der Waals surface area contributed by atoms with Gasteiger partial charge in [0.15, 0.2) is 0 Å². The van der Waals surface area contributed by atoms with Gasteiger partial charge in [-0.05, 0) is 36.1 Å². The minimum Gasteiger partial charge on any atom is -0.306 e. The van der Waals surface area contributed by atoms with Crippen LogP contribution in [0, 0.1) is 12.7 Å². The third-order valence-electron chi connectivity index (χ3n) is 3.40. The largest absolute Gasteiger partial charge is 0.306 e. The Morgan fingerprint density at radius 3 is 2.47 bits per heavy atom. The lowest BCUT2D eigenvalue weighted by molar-refractivity contribution is 0.517. The lowest BCUT2D eigenvalue weighted by Crippen LogP contribution is -2.20. The quantitative estimate of drug-likeness (QED) is 0.838. The molecule has 2 aromatic rings. The molecule has 0 aliphatic rings. The van der Waals surface area contributed by atoms with Crippen LogP contribution >= 0.6 is 0 Å². The van der Waals surface area contributed by atoms with Gasteiger partial charge in [0.05, 0.1) is 0 Å². The van der Waals surface area contributed by atoms with Crippen LogP contribution in [0.25, 0.3) is 0 Å². The van der Waals surface area contributed by atoms with Gasteiger partial charge in [-0.2, -0.15) is 0 Å². The van der Waals surface area contributed by atoms with E-state index in [9.17, 15) is 4.39 Å². The molecule has 1 atom stereocenters. The minimum atomic E-state index is -0.132. The van der Waals surface area contributed by atoms with E-state index in [0.717, 1.165) is 12.0 Å². The van der Waals surface area contributed by atoms with Gasteiger partial charge in [-0.1, -0.05) is 49.4 Å². The van der Waals surface area contributed by atoms with E-state index < -0.39 is 0 Å². The highest BCUT2D eigenvalue weighted by Gasteiger charge is 2.08. The van der Waals surface area contributed by atoms with Crippen LogP contribution in [0.4, 0.5) is 4.39 Å². The second-order valence-electron chi connectivity index (χ2n) is 4.84. The molecule has 0 aliphatic heterocycles. The zero-order chi connectivity index (χ0) is 13.7. The molecule has 0 fully saturated rings. The van der Waals surface area contributed by atoms with Gasteiger partial charge in [0.2, 0.25) is 0 Å². The highest BCUT2D eigenvalue weighted by atomic mass is 19.1. The van der Waals surface area contributed by atoms with Crippen LogP contribution in [0.2, 0.25) is 0 Å². The molecular weight excluding hydrogens is 237 g/mol. The van der Waals surface area contributed by atoms with Crippen molar-refractivity contribution in [3.63, 3.8) is 0 Å². The molecule has 0 aliphatic carbocycles. The predicted molar refractivity (Wildman–Crippen MR) is 77.5 cm³/mol. The van der Waals surface area contributed by atoms with Crippen LogP contribution in [-0.2, 0) is 6.54 Å². The fraction of sp³-hybridized carbons (Fsp3) is 0.294. The zero-order valence-corrected chi connectivity index (χ0v) is 11.5. The third-order valence-corrected chi connectivity index (χ3v) is 3.40. The second kappa shape index (κ2) is 6.48. The van der Waals surface area contributed by atoms with E-state index in [2.05, 4.69) is 24.4 Å². The van der Waals surface area contributed by atoms with Crippen molar-refractivity contribution in [2.75, 3.05) is 0 Å². The molecule has 1 unspecified atom stereocenters. The van der Waals surface area contributed by atoms with Crippen molar-refractivity contribution < 1.29 is 4.39 Å². The van der Waals surface area contributed by atoms with Crippen LogP contribution < -0.4 is 5.32 Å². The Balaban J connectivity index is 2.02. The Hall–Kier alpha value is -1.67. The Morgan fingerprint density at radius 2 is 1.84 bits per heavy atom. The summed E-state index contributed by atoms with van der Waals surface area (Å²) in [6.07, 6.45) is 1.01. The van der Waals surface area contributed by atoms with Gasteiger partial charge in [0.25, 0.3) is 0 Å². The average Bonchev–Trinajstić information content (AvgIpc) is 2.44. The van der Waals surface area contributed by atoms with Crippen LogP contribution in [-0.4, -0.2) is 0 Å². The summed E-state index contributed by atoms with van der Waals surface area (Å²) in [6.45, 7) is 4.62. The van der Waals surface area contributed by atoms with Crippen LogP contribution in [0.1, 0.15) is 36.1 Å². The Labute approximate surface area is 114 Å². The fourth-order valence-corrected chi connectivity index (χ4v) is 2.17. The van der Waals surface area contributed by atoms with Crippen molar-refractivity contribution in [1.29, 1.82) is 0 Å². The van der Waals surface area contributed by atoms with Gasteiger partial charge < -0.3 is 5.32 Å². The molecule has 19 heavy (non-hydrogen) atoms. The van der Waals surface area contributed by atoms with Gasteiger partial charge in [-0.15, -0.1) is 0 Å². The maximum atomic E-state index is 13.5. The summed E-state index contributed by atoms with van der Waals surface area (Å²) in [5.41, 5.74) is 2.95. The van der Waals surface area contributed by atoms with Crippen LogP contribution in [0.15, 0.2) is 48.5 Å². The van der Waals surface area contributed by atoms with Crippen molar-refractivity contribution in [3.05, 3.63) is 71.0 Å². The summed E-state index contributed by atoms with van der Waals surface area (Å²) in [4.78, 5) is 0. The van der Waals surface area contributed by atoms with Crippen molar-refractivity contribution in [2.24, 2.45) is 0 Å². The first-order valence-electron chi connectivity index (χ1n) is 6.74. The first kappa shape index (κ1) is 13.8. The van der Waals surface area contributed by atoms with Crippen molar-refractivity contribution >= 4 is 0 Å². The SMILES string of the molecule is CCC(NCc1ccc(C)c(F)c1)c1ccccc1. The molecule has 2 aromatic carbocycles. The topological polar surface area (TPSA) is 12.0 Å². The molecule has 1 N–H and O–H groups in total. The average molecular weight is 257 g/mol. The summed E-state index contributed by atoms with van der Waals surface area (Å²) in [5, 5.41) is 3.48. The highest BCUT2D eigenvalue weighted by Crippen LogP contribution is 2.17. The minimum absolute atomic E-state index is 0.132. The van der Waals surface area contributed by atoms with Gasteiger partial charge in [0, 0.05) is 12.6 Å². The number of benzene rings is 2. The monoisotopic (exact) mass is 257 g/mol. The molecule has 0 heterocycles. The van der Waals surface area contributed by atoms with Gasteiger partial charge in [-0.25, -0.2) is 4.39 Å². The lowest BCUT2D eigenvalue weighted by Gasteiger charge is -2.17. The lowest BCUT2D eigenvalue weighted by atomic mass is 10.0. The van der Waals surface area contributed by atoms with Gasteiger partial charge in [-0.3, -0.25) is 0 Å². The maximum Gasteiger partial charge on any atom is 0.126 e. The van der Waals surface area contributed by atoms with E-state index in [-0.39, 0.29) is 5.82 Å². The van der Waals surface area contributed by atoms with Gasteiger partial charge >= 0.3 is 0 Å². The summed E-state index contributed by atoms with van der Waals surface area (Å²) < 4.78 is 13.5. The molecule has 0 aromatic heterocycles. The zero-order valence-electron chi connectivity index (χ0n) is 11.5. The summed E-state index contributed by atoms with van der Waals surface area (Å²) >= 11 is 0.